The molecule has 2 N–H and O–H groups in total. The number of phenolic OH excluding ortho intramolecular Hbond substituents is 1. The zero-order valence-corrected chi connectivity index (χ0v) is 14.9. The summed E-state index contributed by atoms with van der Waals surface area (Å²) in [5.74, 6) is -0.312. The molecular weight excluding hydrogens is 350 g/mol. The Kier molecular flexibility index (Phi) is 7.91. The molecule has 0 spiro atoms. The second-order valence-electron chi connectivity index (χ2n) is 4.91. The van der Waals surface area contributed by atoms with Crippen molar-refractivity contribution in [3.8, 4) is 5.75 Å². The van der Waals surface area contributed by atoms with E-state index in [0.717, 1.165) is 0 Å². The third-order valence-corrected chi connectivity index (χ3v) is 3.95. The normalized spacial score (nSPS) is 13.5. The Morgan fingerprint density at radius 2 is 2.00 bits per heavy atom. The zero-order valence-electron chi connectivity index (χ0n) is 13.3. The molecule has 0 saturated carbocycles. The van der Waals surface area contributed by atoms with Gasteiger partial charge in [-0.3, -0.25) is 9.55 Å². The van der Waals surface area contributed by atoms with Crippen LogP contribution in [0.3, 0.4) is 0 Å². The van der Waals surface area contributed by atoms with Crippen molar-refractivity contribution in [1.82, 2.24) is 0 Å². The van der Waals surface area contributed by atoms with Crippen LogP contribution in [0.25, 0.3) is 0 Å². The Morgan fingerprint density at radius 3 is 2.54 bits per heavy atom. The van der Waals surface area contributed by atoms with Crippen molar-refractivity contribution < 1.29 is 18.1 Å². The lowest BCUT2D eigenvalue weighted by Gasteiger charge is -2.10. The highest BCUT2D eigenvalue weighted by atomic mass is 35.5. The number of hydrogen-bond acceptors (Lipinski definition) is 4. The SMILES string of the molecule is C=C(Cl)/C=C\C(=C/C)C(=NCCCS(=O)(=O)O)c1ccccc1O. The van der Waals surface area contributed by atoms with E-state index in [-0.39, 0.29) is 24.5 Å². The molecule has 0 radical (unpaired) electrons. The summed E-state index contributed by atoms with van der Waals surface area (Å²) >= 11 is 5.75. The lowest BCUT2D eigenvalue weighted by atomic mass is 10.0. The fraction of sp³-hybridized carbons (Fsp3) is 0.235. The third kappa shape index (κ3) is 7.12. The Hall–Kier alpha value is -1.89. The highest BCUT2D eigenvalue weighted by Gasteiger charge is 2.12. The number of hydrogen-bond donors (Lipinski definition) is 2. The van der Waals surface area contributed by atoms with Gasteiger partial charge in [-0.05, 0) is 37.1 Å². The molecule has 0 aliphatic rings. The Morgan fingerprint density at radius 1 is 1.33 bits per heavy atom. The average molecular weight is 370 g/mol. The summed E-state index contributed by atoms with van der Waals surface area (Å²) in [6, 6.07) is 6.71. The number of halogens is 1. The molecule has 5 nitrogen and oxygen atoms in total. The van der Waals surface area contributed by atoms with E-state index in [9.17, 15) is 13.5 Å². The van der Waals surface area contributed by atoms with Crippen molar-refractivity contribution >= 4 is 27.4 Å². The molecule has 130 valence electrons. The number of aromatic hydroxyl groups is 1. The molecule has 0 unspecified atom stereocenters. The molecule has 0 saturated heterocycles. The van der Waals surface area contributed by atoms with Crippen LogP contribution in [-0.2, 0) is 10.1 Å². The lowest BCUT2D eigenvalue weighted by Crippen LogP contribution is -2.08. The Balaban J connectivity index is 3.16. The maximum atomic E-state index is 10.8. The van der Waals surface area contributed by atoms with E-state index < -0.39 is 10.1 Å². The minimum absolute atomic E-state index is 0.0588. The van der Waals surface area contributed by atoms with Gasteiger partial charge in [0.15, 0.2) is 0 Å². The minimum atomic E-state index is -4.02. The largest absolute Gasteiger partial charge is 0.507 e. The van der Waals surface area contributed by atoms with Crippen molar-refractivity contribution in [3.05, 3.63) is 65.2 Å². The van der Waals surface area contributed by atoms with E-state index in [4.69, 9.17) is 16.2 Å². The number of rotatable bonds is 8. The van der Waals surface area contributed by atoms with Crippen LogP contribution in [0.2, 0.25) is 0 Å². The second kappa shape index (κ2) is 9.42. The number of phenols is 1. The first-order valence-corrected chi connectivity index (χ1v) is 9.20. The van der Waals surface area contributed by atoms with E-state index in [1.807, 2.05) is 6.92 Å². The second-order valence-corrected chi connectivity index (χ2v) is 6.97. The van der Waals surface area contributed by atoms with E-state index in [0.29, 0.717) is 21.9 Å². The van der Waals surface area contributed by atoms with Gasteiger partial charge in [-0.1, -0.05) is 42.5 Å². The van der Waals surface area contributed by atoms with Crippen LogP contribution in [0.5, 0.6) is 5.75 Å². The van der Waals surface area contributed by atoms with Crippen LogP contribution in [0.1, 0.15) is 18.9 Å². The zero-order chi connectivity index (χ0) is 18.2. The number of allylic oxidation sites excluding steroid dienone is 5. The molecule has 0 bridgehead atoms. The monoisotopic (exact) mass is 369 g/mol. The van der Waals surface area contributed by atoms with E-state index in [1.165, 1.54) is 0 Å². The van der Waals surface area contributed by atoms with E-state index in [1.54, 1.807) is 42.5 Å². The summed E-state index contributed by atoms with van der Waals surface area (Å²) in [7, 11) is -4.02. The van der Waals surface area contributed by atoms with Crippen molar-refractivity contribution in [2.24, 2.45) is 4.99 Å². The summed E-state index contributed by atoms with van der Waals surface area (Å²) in [4.78, 5) is 4.40. The van der Waals surface area contributed by atoms with Gasteiger partial charge in [-0.15, -0.1) is 0 Å². The van der Waals surface area contributed by atoms with Gasteiger partial charge < -0.3 is 5.11 Å². The summed E-state index contributed by atoms with van der Waals surface area (Å²) in [6.07, 6.45) is 5.28. The summed E-state index contributed by atoms with van der Waals surface area (Å²) < 4.78 is 30.4. The predicted molar refractivity (Wildman–Crippen MR) is 98.4 cm³/mol. The third-order valence-electron chi connectivity index (χ3n) is 3.02. The van der Waals surface area contributed by atoms with E-state index in [2.05, 4.69) is 11.6 Å². The number of aliphatic imine (C=N–C) groups is 1. The van der Waals surface area contributed by atoms with Gasteiger partial charge in [0.25, 0.3) is 10.1 Å². The summed E-state index contributed by atoms with van der Waals surface area (Å²) in [6.45, 7) is 5.57. The molecule has 0 amide bonds. The number of nitrogens with zero attached hydrogens (tertiary/aromatic N) is 1. The van der Waals surface area contributed by atoms with Gasteiger partial charge in [0.1, 0.15) is 5.75 Å². The molecule has 0 aromatic heterocycles. The molecule has 1 rings (SSSR count). The predicted octanol–water partition coefficient (Wildman–Crippen LogP) is 3.71. The first-order chi connectivity index (χ1) is 11.2. The van der Waals surface area contributed by atoms with Gasteiger partial charge in [-0.2, -0.15) is 8.42 Å². The van der Waals surface area contributed by atoms with Crippen LogP contribution < -0.4 is 0 Å². The maximum absolute atomic E-state index is 10.8. The maximum Gasteiger partial charge on any atom is 0.264 e. The standard InChI is InChI=1S/C17H20ClNO4S/c1-3-14(10-9-13(2)18)17(15-7-4-5-8-16(15)20)19-11-6-12-24(21,22)23/h3-5,7-10,20H,2,6,11-12H2,1H3,(H,21,22,23)/b10-9-,14-3+,19-17?. The highest BCUT2D eigenvalue weighted by Crippen LogP contribution is 2.22. The van der Waals surface area contributed by atoms with Crippen LogP contribution in [-0.4, -0.2) is 36.1 Å². The van der Waals surface area contributed by atoms with Crippen LogP contribution in [0.4, 0.5) is 0 Å². The molecule has 0 aliphatic heterocycles. The van der Waals surface area contributed by atoms with Gasteiger partial charge in [0.05, 0.1) is 11.5 Å². The molecule has 1 aromatic rings. The van der Waals surface area contributed by atoms with Crippen molar-refractivity contribution in [3.63, 3.8) is 0 Å². The fourth-order valence-electron chi connectivity index (χ4n) is 1.94. The first kappa shape index (κ1) is 20.2. The molecule has 0 fully saturated rings. The van der Waals surface area contributed by atoms with Gasteiger partial charge in [-0.25, -0.2) is 0 Å². The molecule has 0 aliphatic carbocycles. The molecule has 24 heavy (non-hydrogen) atoms. The highest BCUT2D eigenvalue weighted by molar-refractivity contribution is 7.85. The topological polar surface area (TPSA) is 87.0 Å². The first-order valence-electron chi connectivity index (χ1n) is 7.21. The van der Waals surface area contributed by atoms with Crippen LogP contribution >= 0.6 is 11.6 Å². The van der Waals surface area contributed by atoms with Crippen LogP contribution in [0, 0.1) is 0 Å². The van der Waals surface area contributed by atoms with Crippen molar-refractivity contribution in [2.75, 3.05) is 12.3 Å². The quantitative estimate of drug-likeness (QED) is 0.316. The van der Waals surface area contributed by atoms with Crippen molar-refractivity contribution in [1.29, 1.82) is 0 Å². The van der Waals surface area contributed by atoms with Crippen LogP contribution in [0.15, 0.2) is 64.7 Å². The van der Waals surface area contributed by atoms with Crippen molar-refractivity contribution in [2.45, 2.75) is 13.3 Å². The molecule has 0 heterocycles. The Bertz CT molecular complexity index is 780. The fourth-order valence-corrected chi connectivity index (χ4v) is 2.49. The molecule has 7 heteroatoms. The smallest absolute Gasteiger partial charge is 0.264 e. The summed E-state index contributed by atoms with van der Waals surface area (Å²) in [5, 5.41) is 10.4. The Labute approximate surface area is 147 Å². The minimum Gasteiger partial charge on any atom is -0.507 e. The van der Waals surface area contributed by atoms with Gasteiger partial charge in [0.2, 0.25) is 0 Å². The number of para-hydroxylation sites is 1. The van der Waals surface area contributed by atoms with E-state index >= 15 is 0 Å². The molecule has 0 atom stereocenters. The molecule has 1 aromatic carbocycles. The van der Waals surface area contributed by atoms with Gasteiger partial charge >= 0.3 is 0 Å². The van der Waals surface area contributed by atoms with Gasteiger partial charge in [0, 0.05) is 17.1 Å². The average Bonchev–Trinajstić information content (AvgIpc) is 2.49. The molecular formula is C17H20ClNO4S. The lowest BCUT2D eigenvalue weighted by molar-refractivity contribution is 0.474. The number of benzene rings is 1. The summed E-state index contributed by atoms with van der Waals surface area (Å²) in [5.41, 5.74) is 1.72.